The van der Waals surface area contributed by atoms with Gasteiger partial charge in [-0.3, -0.25) is 0 Å². The molecule has 0 N–H and O–H groups in total. The maximum absolute atomic E-state index is 6.43. The zero-order valence-electron chi connectivity index (χ0n) is 13.1. The van der Waals surface area contributed by atoms with E-state index in [1.165, 1.54) is 0 Å². The Morgan fingerprint density at radius 3 is 2.78 bits per heavy atom. The minimum atomic E-state index is 0.0784. The second-order valence-electron chi connectivity index (χ2n) is 5.13. The van der Waals surface area contributed by atoms with Crippen LogP contribution in [-0.2, 0) is 0 Å². The maximum atomic E-state index is 6.43. The van der Waals surface area contributed by atoms with Crippen LogP contribution in [-0.4, -0.2) is 28.1 Å². The first-order valence-electron chi connectivity index (χ1n) is 7.21. The molecule has 1 unspecified atom stereocenters. The Hall–Kier alpha value is -1.34. The Morgan fingerprint density at radius 2 is 2.04 bits per heavy atom. The van der Waals surface area contributed by atoms with E-state index in [-0.39, 0.29) is 21.2 Å². The Balaban J connectivity index is 2.20. The number of hydrogen-bond acceptors (Lipinski definition) is 4. The van der Waals surface area contributed by atoms with E-state index < -0.39 is 0 Å². The predicted molar refractivity (Wildman–Crippen MR) is 88.8 cm³/mol. The van der Waals surface area contributed by atoms with Crippen LogP contribution < -0.4 is 30.7 Å². The molecule has 0 bridgehead atoms. The molecule has 1 aromatic heterocycles. The summed E-state index contributed by atoms with van der Waals surface area (Å²) >= 11 is 6.51. The first kappa shape index (κ1) is 16.5. The van der Waals surface area contributed by atoms with E-state index in [1.807, 2.05) is 6.07 Å². The summed E-state index contributed by atoms with van der Waals surface area (Å²) in [6.07, 6.45) is 5.36. The molecule has 1 aliphatic heterocycles. The summed E-state index contributed by atoms with van der Waals surface area (Å²) in [6.45, 7) is 2.28. The number of fused-ring (bicyclic) bond motifs is 1. The van der Waals surface area contributed by atoms with Crippen LogP contribution >= 0.6 is 11.6 Å². The van der Waals surface area contributed by atoms with Crippen LogP contribution in [0.4, 0.5) is 0 Å². The monoisotopic (exact) mass is 443 g/mol. The second-order valence-corrected chi connectivity index (χ2v) is 9.07. The van der Waals surface area contributed by atoms with Crippen molar-refractivity contribution in [2.45, 2.75) is 17.3 Å². The number of halogens is 2. The molecule has 1 aliphatic rings. The number of allylic oxidation sites excluding steroid dienone is 3. The van der Waals surface area contributed by atoms with E-state index in [1.54, 1.807) is 20.3 Å². The number of aromatic nitrogens is 2. The number of benzene rings is 1. The van der Waals surface area contributed by atoms with Gasteiger partial charge >= 0.3 is 151 Å². The van der Waals surface area contributed by atoms with Gasteiger partial charge in [-0.2, -0.15) is 0 Å². The second kappa shape index (κ2) is 7.05. The first-order chi connectivity index (χ1) is 11.1. The normalized spacial score (nSPS) is 18.1. The van der Waals surface area contributed by atoms with E-state index in [9.17, 15) is 0 Å². The molecular weight excluding hydrogens is 427 g/mol. The first-order valence-corrected chi connectivity index (χ1v) is 10.1. The molecule has 6 heteroatoms. The fourth-order valence-electron chi connectivity index (χ4n) is 2.36. The molecule has 4 nitrogen and oxygen atoms in total. The zero-order valence-corrected chi connectivity index (χ0v) is 16.1. The summed E-state index contributed by atoms with van der Waals surface area (Å²) in [6, 6.07) is 3.67. The fraction of sp³-hybridized carbons (Fsp3) is 0.294. The van der Waals surface area contributed by atoms with Gasteiger partial charge in [0.05, 0.1) is 0 Å². The Labute approximate surface area is 150 Å². The Bertz CT molecular complexity index is 805. The third kappa shape index (κ3) is 3.30. The Kier molecular flexibility index (Phi) is 5.06. The fourth-order valence-corrected chi connectivity index (χ4v) is 4.50. The molecular formula is C17H17ClIN2O2-. The summed E-state index contributed by atoms with van der Waals surface area (Å²) in [7, 11) is 3.20. The number of alkyl halides is 1. The molecule has 1 aromatic carbocycles. The summed E-state index contributed by atoms with van der Waals surface area (Å²) in [5, 5.41) is 1.26. The van der Waals surface area contributed by atoms with Crippen molar-refractivity contribution in [3.8, 4) is 11.6 Å². The quantitative estimate of drug-likeness (QED) is 0.526. The summed E-state index contributed by atoms with van der Waals surface area (Å²) in [5.74, 6) is 1.76. The average molecular weight is 444 g/mol. The predicted octanol–water partition coefficient (Wildman–Crippen LogP) is 1.08. The Morgan fingerprint density at radius 1 is 1.22 bits per heavy atom. The van der Waals surface area contributed by atoms with Crippen molar-refractivity contribution >= 4 is 28.1 Å². The van der Waals surface area contributed by atoms with Crippen molar-refractivity contribution in [2.75, 3.05) is 14.2 Å². The van der Waals surface area contributed by atoms with E-state index in [0.29, 0.717) is 28.0 Å². The zero-order chi connectivity index (χ0) is 16.4. The molecule has 0 amide bonds. The molecule has 0 radical (unpaired) electrons. The molecule has 0 fully saturated rings. The third-order valence-corrected chi connectivity index (χ3v) is 6.48. The van der Waals surface area contributed by atoms with Gasteiger partial charge in [-0.25, -0.2) is 0 Å². The van der Waals surface area contributed by atoms with Gasteiger partial charge < -0.3 is 0 Å². The molecule has 0 aliphatic carbocycles. The van der Waals surface area contributed by atoms with Crippen LogP contribution in [0.25, 0.3) is 16.5 Å². The molecule has 23 heavy (non-hydrogen) atoms. The molecule has 0 saturated carbocycles. The molecule has 3 rings (SSSR count). The van der Waals surface area contributed by atoms with Crippen LogP contribution in [0.5, 0.6) is 11.6 Å². The standard InChI is InChI=1S/C17H17ClIN2O2/c1-10-4-5-11(8-9-19-10)16-20-15-12(17(21-16)23-3)6-7-13(22-2)14(15)18/h5-10H,4H2,1-3H3/q-1. The van der Waals surface area contributed by atoms with Crippen molar-refractivity contribution in [3.05, 3.63) is 39.2 Å². The molecule has 122 valence electrons. The van der Waals surface area contributed by atoms with Crippen molar-refractivity contribution < 1.29 is 30.7 Å². The van der Waals surface area contributed by atoms with Crippen molar-refractivity contribution in [2.24, 2.45) is 0 Å². The van der Waals surface area contributed by atoms with Gasteiger partial charge in [0.15, 0.2) is 0 Å². The third-order valence-electron chi connectivity index (χ3n) is 3.60. The van der Waals surface area contributed by atoms with Gasteiger partial charge in [0, 0.05) is 0 Å². The number of ether oxygens (including phenoxy) is 2. The topological polar surface area (TPSA) is 44.2 Å². The van der Waals surface area contributed by atoms with Crippen LogP contribution in [0.3, 0.4) is 0 Å². The van der Waals surface area contributed by atoms with Crippen LogP contribution in [0.15, 0.2) is 28.4 Å². The molecule has 1 atom stereocenters. The van der Waals surface area contributed by atoms with Gasteiger partial charge in [0.25, 0.3) is 0 Å². The number of methoxy groups -OCH3 is 2. The average Bonchev–Trinajstić information content (AvgIpc) is 2.79. The van der Waals surface area contributed by atoms with Crippen molar-refractivity contribution in [3.63, 3.8) is 0 Å². The molecule has 0 spiro atoms. The minimum absolute atomic E-state index is 0.0784. The number of nitrogens with zero attached hydrogens (tertiary/aromatic N) is 2. The van der Waals surface area contributed by atoms with Gasteiger partial charge in [-0.15, -0.1) is 0 Å². The summed E-state index contributed by atoms with van der Waals surface area (Å²) in [4.78, 5) is 9.24. The van der Waals surface area contributed by atoms with Crippen molar-refractivity contribution in [1.29, 1.82) is 0 Å². The van der Waals surface area contributed by atoms with Crippen LogP contribution in [0.1, 0.15) is 19.2 Å². The van der Waals surface area contributed by atoms with Gasteiger partial charge in [-0.1, -0.05) is 0 Å². The van der Waals surface area contributed by atoms with E-state index in [0.717, 1.165) is 21.3 Å². The van der Waals surface area contributed by atoms with Gasteiger partial charge in [0.2, 0.25) is 0 Å². The summed E-state index contributed by atoms with van der Waals surface area (Å²) in [5.41, 5.74) is 1.67. The molecule has 2 aromatic rings. The molecule has 0 saturated heterocycles. The number of rotatable bonds is 3. The SMILES string of the molecule is COc1ccc2c(OC)nc(C3=CCC(C)[I-]C=C3)nc2c1Cl. The van der Waals surface area contributed by atoms with Gasteiger partial charge in [0.1, 0.15) is 0 Å². The molecule has 2 heterocycles. The van der Waals surface area contributed by atoms with Crippen molar-refractivity contribution in [1.82, 2.24) is 9.97 Å². The van der Waals surface area contributed by atoms with E-state index in [2.05, 4.69) is 33.1 Å². The van der Waals surface area contributed by atoms with Gasteiger partial charge in [-0.05, 0) is 0 Å². The summed E-state index contributed by atoms with van der Waals surface area (Å²) < 4.78 is 13.7. The van der Waals surface area contributed by atoms with E-state index in [4.69, 9.17) is 21.1 Å². The van der Waals surface area contributed by atoms with Crippen LogP contribution in [0.2, 0.25) is 5.02 Å². The van der Waals surface area contributed by atoms with E-state index >= 15 is 0 Å². The number of hydrogen-bond donors (Lipinski definition) is 0. The van der Waals surface area contributed by atoms with Crippen LogP contribution in [0, 0.1) is 0 Å².